The summed E-state index contributed by atoms with van der Waals surface area (Å²) in [6.07, 6.45) is 8.44. The van der Waals surface area contributed by atoms with Crippen LogP contribution in [0.3, 0.4) is 0 Å². The number of nitrogens with one attached hydrogen (secondary N) is 1. The first-order valence-corrected chi connectivity index (χ1v) is 7.53. The summed E-state index contributed by atoms with van der Waals surface area (Å²) in [4.78, 5) is 15.9. The molecular weight excluding hydrogens is 250 g/mol. The SMILES string of the molecule is CCCC(CCN)CCC(=O)NCc1ccncc1C. The number of amides is 1. The van der Waals surface area contributed by atoms with E-state index in [9.17, 15) is 4.79 Å². The Morgan fingerprint density at radius 1 is 1.40 bits per heavy atom. The van der Waals surface area contributed by atoms with Crippen LogP contribution in [0.25, 0.3) is 0 Å². The van der Waals surface area contributed by atoms with E-state index in [-0.39, 0.29) is 5.91 Å². The minimum atomic E-state index is 0.124. The van der Waals surface area contributed by atoms with Crippen molar-refractivity contribution in [1.82, 2.24) is 10.3 Å². The third-order valence-electron chi connectivity index (χ3n) is 3.66. The number of carbonyl (C=O) groups excluding carboxylic acids is 1. The number of aryl methyl sites for hydroxylation is 1. The number of aromatic nitrogens is 1. The van der Waals surface area contributed by atoms with Gasteiger partial charge in [-0.2, -0.15) is 0 Å². The lowest BCUT2D eigenvalue weighted by atomic mass is 9.94. The molecule has 4 nitrogen and oxygen atoms in total. The number of hydrogen-bond acceptors (Lipinski definition) is 3. The number of nitrogens with zero attached hydrogens (tertiary/aromatic N) is 1. The third-order valence-corrected chi connectivity index (χ3v) is 3.66. The molecule has 1 unspecified atom stereocenters. The molecule has 0 bridgehead atoms. The van der Waals surface area contributed by atoms with Crippen LogP contribution in [0.1, 0.15) is 50.2 Å². The molecule has 1 amide bonds. The molecule has 0 radical (unpaired) electrons. The van der Waals surface area contributed by atoms with Gasteiger partial charge < -0.3 is 11.1 Å². The molecule has 0 aliphatic rings. The van der Waals surface area contributed by atoms with Crippen LogP contribution in [0.4, 0.5) is 0 Å². The molecule has 0 aromatic carbocycles. The molecule has 0 spiro atoms. The van der Waals surface area contributed by atoms with Crippen LogP contribution in [0, 0.1) is 12.8 Å². The van der Waals surface area contributed by atoms with Crippen molar-refractivity contribution in [3.63, 3.8) is 0 Å². The summed E-state index contributed by atoms with van der Waals surface area (Å²) < 4.78 is 0. The summed E-state index contributed by atoms with van der Waals surface area (Å²) in [7, 11) is 0. The van der Waals surface area contributed by atoms with Gasteiger partial charge in [0.15, 0.2) is 0 Å². The Kier molecular flexibility index (Phi) is 7.88. The van der Waals surface area contributed by atoms with Gasteiger partial charge in [0.05, 0.1) is 0 Å². The van der Waals surface area contributed by atoms with E-state index in [1.807, 2.05) is 19.2 Å². The molecule has 0 aliphatic carbocycles. The smallest absolute Gasteiger partial charge is 0.220 e. The second-order valence-electron chi connectivity index (χ2n) is 5.35. The lowest BCUT2D eigenvalue weighted by Crippen LogP contribution is -2.24. The second-order valence-corrected chi connectivity index (χ2v) is 5.35. The maximum absolute atomic E-state index is 11.9. The van der Waals surface area contributed by atoms with Crippen LogP contribution in [0.2, 0.25) is 0 Å². The van der Waals surface area contributed by atoms with Crippen LogP contribution in [-0.2, 0) is 11.3 Å². The Morgan fingerprint density at radius 3 is 2.85 bits per heavy atom. The molecule has 1 aromatic heterocycles. The minimum absolute atomic E-state index is 0.124. The van der Waals surface area contributed by atoms with Gasteiger partial charge in [-0.25, -0.2) is 0 Å². The van der Waals surface area contributed by atoms with Crippen molar-refractivity contribution in [2.75, 3.05) is 6.54 Å². The first-order valence-electron chi connectivity index (χ1n) is 7.53. The van der Waals surface area contributed by atoms with Gasteiger partial charge in [0, 0.05) is 25.4 Å². The van der Waals surface area contributed by atoms with Gasteiger partial charge in [-0.3, -0.25) is 9.78 Å². The average molecular weight is 277 g/mol. The first kappa shape index (κ1) is 16.6. The number of hydrogen-bond donors (Lipinski definition) is 2. The Labute approximate surface area is 122 Å². The number of pyridine rings is 1. The highest BCUT2D eigenvalue weighted by molar-refractivity contribution is 5.75. The number of carbonyl (C=O) groups is 1. The number of rotatable bonds is 9. The fourth-order valence-electron chi connectivity index (χ4n) is 2.39. The molecule has 0 saturated carbocycles. The predicted octanol–water partition coefficient (Wildman–Crippen LogP) is 2.55. The van der Waals surface area contributed by atoms with Crippen molar-refractivity contribution >= 4 is 5.91 Å². The van der Waals surface area contributed by atoms with Gasteiger partial charge in [-0.1, -0.05) is 19.8 Å². The van der Waals surface area contributed by atoms with E-state index in [1.54, 1.807) is 6.20 Å². The Morgan fingerprint density at radius 2 is 2.20 bits per heavy atom. The maximum Gasteiger partial charge on any atom is 0.220 e. The highest BCUT2D eigenvalue weighted by atomic mass is 16.1. The summed E-state index contributed by atoms with van der Waals surface area (Å²) in [5, 5.41) is 2.98. The molecule has 3 N–H and O–H groups in total. The van der Waals surface area contributed by atoms with Crippen LogP contribution < -0.4 is 11.1 Å². The van der Waals surface area contributed by atoms with E-state index in [0.29, 0.717) is 25.4 Å². The van der Waals surface area contributed by atoms with Crippen LogP contribution in [0.5, 0.6) is 0 Å². The zero-order chi connectivity index (χ0) is 14.8. The molecule has 4 heteroatoms. The molecule has 112 valence electrons. The van der Waals surface area contributed by atoms with Crippen molar-refractivity contribution in [2.45, 2.75) is 52.5 Å². The van der Waals surface area contributed by atoms with Gasteiger partial charge in [0.25, 0.3) is 0 Å². The highest BCUT2D eigenvalue weighted by Crippen LogP contribution is 2.16. The van der Waals surface area contributed by atoms with Gasteiger partial charge in [0.2, 0.25) is 5.91 Å². The Balaban J connectivity index is 2.31. The lowest BCUT2D eigenvalue weighted by molar-refractivity contribution is -0.121. The molecular formula is C16H27N3O. The monoisotopic (exact) mass is 277 g/mol. The summed E-state index contributed by atoms with van der Waals surface area (Å²) in [5.74, 6) is 0.706. The van der Waals surface area contributed by atoms with E-state index >= 15 is 0 Å². The van der Waals surface area contributed by atoms with Gasteiger partial charge in [-0.05, 0) is 49.4 Å². The normalized spacial score (nSPS) is 12.2. The van der Waals surface area contributed by atoms with E-state index < -0.39 is 0 Å². The molecule has 1 aromatic rings. The van der Waals surface area contributed by atoms with Crippen LogP contribution in [-0.4, -0.2) is 17.4 Å². The zero-order valence-corrected chi connectivity index (χ0v) is 12.7. The minimum Gasteiger partial charge on any atom is -0.352 e. The summed E-state index contributed by atoms with van der Waals surface area (Å²) in [6, 6.07) is 1.95. The lowest BCUT2D eigenvalue weighted by Gasteiger charge is -2.14. The standard InChI is InChI=1S/C16H27N3O/c1-3-4-14(7-9-17)5-6-16(20)19-12-15-8-10-18-11-13(15)2/h8,10-11,14H,3-7,9,12,17H2,1-2H3,(H,19,20). The van der Waals surface area contributed by atoms with Crippen molar-refractivity contribution < 1.29 is 4.79 Å². The largest absolute Gasteiger partial charge is 0.352 e. The van der Waals surface area contributed by atoms with Gasteiger partial charge in [-0.15, -0.1) is 0 Å². The molecule has 0 aliphatic heterocycles. The maximum atomic E-state index is 11.9. The molecule has 0 fully saturated rings. The van der Waals surface area contributed by atoms with Gasteiger partial charge >= 0.3 is 0 Å². The number of nitrogens with two attached hydrogens (primary N) is 1. The van der Waals surface area contributed by atoms with Gasteiger partial charge in [0.1, 0.15) is 0 Å². The highest BCUT2D eigenvalue weighted by Gasteiger charge is 2.10. The molecule has 1 rings (SSSR count). The fraction of sp³-hybridized carbons (Fsp3) is 0.625. The van der Waals surface area contributed by atoms with Crippen molar-refractivity contribution in [2.24, 2.45) is 11.7 Å². The van der Waals surface area contributed by atoms with E-state index in [2.05, 4.69) is 17.2 Å². The van der Waals surface area contributed by atoms with Crippen molar-refractivity contribution in [1.29, 1.82) is 0 Å². The van der Waals surface area contributed by atoms with E-state index in [1.165, 1.54) is 0 Å². The Bertz CT molecular complexity index is 400. The zero-order valence-electron chi connectivity index (χ0n) is 12.7. The molecule has 20 heavy (non-hydrogen) atoms. The third kappa shape index (κ3) is 6.15. The topological polar surface area (TPSA) is 68.0 Å². The molecule has 1 heterocycles. The van der Waals surface area contributed by atoms with E-state index in [4.69, 9.17) is 5.73 Å². The van der Waals surface area contributed by atoms with Crippen LogP contribution >= 0.6 is 0 Å². The summed E-state index contributed by atoms with van der Waals surface area (Å²) >= 11 is 0. The first-order chi connectivity index (χ1) is 9.67. The molecule has 1 atom stereocenters. The van der Waals surface area contributed by atoms with Crippen molar-refractivity contribution in [3.05, 3.63) is 29.6 Å². The average Bonchev–Trinajstić information content (AvgIpc) is 2.44. The second kappa shape index (κ2) is 9.48. The fourth-order valence-corrected chi connectivity index (χ4v) is 2.39. The van der Waals surface area contributed by atoms with Crippen LogP contribution in [0.15, 0.2) is 18.5 Å². The van der Waals surface area contributed by atoms with E-state index in [0.717, 1.165) is 36.8 Å². The van der Waals surface area contributed by atoms with Crippen molar-refractivity contribution in [3.8, 4) is 0 Å². The summed E-state index contributed by atoms with van der Waals surface area (Å²) in [6.45, 7) is 5.48. The Hall–Kier alpha value is -1.42. The predicted molar refractivity (Wildman–Crippen MR) is 82.1 cm³/mol. The molecule has 0 saturated heterocycles. The quantitative estimate of drug-likeness (QED) is 0.729. The summed E-state index contributed by atoms with van der Waals surface area (Å²) in [5.41, 5.74) is 7.85.